The highest BCUT2D eigenvalue weighted by molar-refractivity contribution is 5.94. The van der Waals surface area contributed by atoms with Crippen LogP contribution in [0.15, 0.2) is 64.8 Å². The second kappa shape index (κ2) is 16.8. The number of carbonyl (C=O) groups excluding carboxylic acids is 5. The summed E-state index contributed by atoms with van der Waals surface area (Å²) in [6.07, 6.45) is -9.49. The number of primary amides is 1. The summed E-state index contributed by atoms with van der Waals surface area (Å²) in [7, 11) is 0. The second-order valence-corrected chi connectivity index (χ2v) is 13.1. The van der Waals surface area contributed by atoms with Crippen molar-refractivity contribution < 1.29 is 42.3 Å². The average molecular weight is 688 g/mol. The lowest BCUT2D eigenvalue weighted by Crippen LogP contribution is -2.52. The van der Waals surface area contributed by atoms with Gasteiger partial charge in [-0.2, -0.15) is 23.4 Å². The molecular formula is C35H44F3N5O6. The van der Waals surface area contributed by atoms with Gasteiger partial charge in [-0.1, -0.05) is 75.4 Å². The summed E-state index contributed by atoms with van der Waals surface area (Å²) < 4.78 is 39.7. The van der Waals surface area contributed by atoms with Crippen LogP contribution in [0.25, 0.3) is 0 Å². The number of nitrogens with zero attached hydrogens (tertiary/aromatic N) is 2. The zero-order valence-corrected chi connectivity index (χ0v) is 28.0. The predicted octanol–water partition coefficient (Wildman–Crippen LogP) is 4.10. The number of nitrogens with one attached hydrogen (secondary N) is 2. The molecule has 0 bridgehead atoms. The monoisotopic (exact) mass is 687 g/mol. The standard InChI is InChI=1S/C35H44F3N5O6/c1-20(2)26(19-25(44)17-23-10-12-24(13-11-23)34(4)42-43-34)33(49)41-28(18-22-8-6-5-7-9-22)29(45)16-21(3)32(48)40-27(14-15-30(39)46)31(47)35(36,37)38/h5-13,20-21,26-28,31,47H,14-19H2,1-4H3,(H2,39,46)(H,40,48)(H,41,49)/t21-,26+,27?,28+,31?/m1/s1. The Labute approximate surface area is 283 Å². The van der Waals surface area contributed by atoms with Gasteiger partial charge in [0, 0.05) is 43.1 Å². The minimum absolute atomic E-state index is 0.0659. The van der Waals surface area contributed by atoms with Crippen molar-refractivity contribution in [3.63, 3.8) is 0 Å². The third-order valence-corrected chi connectivity index (χ3v) is 8.58. The summed E-state index contributed by atoms with van der Waals surface area (Å²) in [5, 5.41) is 22.7. The number of halogens is 3. The fraction of sp³-hybridized carbons (Fsp3) is 0.514. The first-order valence-corrected chi connectivity index (χ1v) is 16.1. The quantitative estimate of drug-likeness (QED) is 0.173. The zero-order valence-electron chi connectivity index (χ0n) is 28.0. The van der Waals surface area contributed by atoms with Gasteiger partial charge in [0.25, 0.3) is 0 Å². The third-order valence-electron chi connectivity index (χ3n) is 8.58. The Bertz CT molecular complexity index is 1510. The number of benzene rings is 2. The lowest BCUT2D eigenvalue weighted by molar-refractivity contribution is -0.213. The molecule has 266 valence electrons. The van der Waals surface area contributed by atoms with Crippen molar-refractivity contribution in [1.82, 2.24) is 10.6 Å². The van der Waals surface area contributed by atoms with Gasteiger partial charge in [0.1, 0.15) is 5.78 Å². The van der Waals surface area contributed by atoms with E-state index in [0.29, 0.717) is 5.56 Å². The lowest BCUT2D eigenvalue weighted by Gasteiger charge is -2.27. The molecule has 1 aliphatic rings. The Morgan fingerprint density at radius 1 is 0.878 bits per heavy atom. The van der Waals surface area contributed by atoms with E-state index in [9.17, 15) is 42.3 Å². The molecule has 0 saturated carbocycles. The molecule has 14 heteroatoms. The molecule has 49 heavy (non-hydrogen) atoms. The predicted molar refractivity (Wildman–Crippen MR) is 174 cm³/mol. The Hall–Kier alpha value is -4.46. The smallest absolute Gasteiger partial charge is 0.382 e. The van der Waals surface area contributed by atoms with Gasteiger partial charge in [-0.05, 0) is 36.8 Å². The average Bonchev–Trinajstić information content (AvgIpc) is 3.79. The molecule has 1 heterocycles. The Morgan fingerprint density at radius 3 is 2.02 bits per heavy atom. The van der Waals surface area contributed by atoms with Crippen LogP contribution >= 0.6 is 0 Å². The number of hydrogen-bond donors (Lipinski definition) is 4. The molecule has 3 amide bonds. The van der Waals surface area contributed by atoms with Crippen LogP contribution in [-0.2, 0) is 42.5 Å². The van der Waals surface area contributed by atoms with E-state index in [1.165, 1.54) is 6.92 Å². The maximum atomic E-state index is 13.6. The highest BCUT2D eigenvalue weighted by Gasteiger charge is 2.44. The molecule has 5 atom stereocenters. The fourth-order valence-electron chi connectivity index (χ4n) is 5.38. The number of amides is 3. The second-order valence-electron chi connectivity index (χ2n) is 13.1. The van der Waals surface area contributed by atoms with Crippen molar-refractivity contribution in [2.75, 3.05) is 0 Å². The lowest BCUT2D eigenvalue weighted by atomic mass is 9.87. The minimum Gasteiger partial charge on any atom is -0.382 e. The Balaban J connectivity index is 1.70. The van der Waals surface area contributed by atoms with Gasteiger partial charge in [-0.25, -0.2) is 0 Å². The van der Waals surface area contributed by atoms with Crippen LogP contribution in [0, 0.1) is 17.8 Å². The van der Waals surface area contributed by atoms with Crippen LogP contribution in [-0.4, -0.2) is 58.8 Å². The van der Waals surface area contributed by atoms with Crippen molar-refractivity contribution in [2.45, 2.75) is 96.2 Å². The number of carbonyl (C=O) groups is 5. The Kier molecular flexibility index (Phi) is 13.3. The number of Topliss-reactive ketones (excluding diaryl/α,β-unsaturated/α-hetero) is 2. The zero-order chi connectivity index (χ0) is 36.5. The van der Waals surface area contributed by atoms with Gasteiger partial charge < -0.3 is 21.5 Å². The van der Waals surface area contributed by atoms with E-state index in [-0.39, 0.29) is 31.0 Å². The molecule has 1 aliphatic heterocycles. The van der Waals surface area contributed by atoms with Gasteiger partial charge in [0.2, 0.25) is 23.4 Å². The van der Waals surface area contributed by atoms with Gasteiger partial charge >= 0.3 is 6.18 Å². The first-order valence-electron chi connectivity index (χ1n) is 16.1. The highest BCUT2D eigenvalue weighted by Crippen LogP contribution is 2.38. The largest absolute Gasteiger partial charge is 0.416 e. The van der Waals surface area contributed by atoms with Gasteiger partial charge in [0.15, 0.2) is 11.9 Å². The van der Waals surface area contributed by atoms with Crippen molar-refractivity contribution in [2.24, 2.45) is 33.7 Å². The van der Waals surface area contributed by atoms with Crippen LogP contribution in [0.2, 0.25) is 0 Å². The van der Waals surface area contributed by atoms with Crippen LogP contribution in [0.4, 0.5) is 13.2 Å². The van der Waals surface area contributed by atoms with Crippen LogP contribution in [0.5, 0.6) is 0 Å². The number of nitrogens with two attached hydrogens (primary N) is 1. The van der Waals surface area contributed by atoms with Crippen molar-refractivity contribution >= 4 is 29.3 Å². The molecule has 5 N–H and O–H groups in total. The summed E-state index contributed by atoms with van der Waals surface area (Å²) in [6.45, 7) is 6.79. The summed E-state index contributed by atoms with van der Waals surface area (Å²) in [4.78, 5) is 64.4. The molecule has 2 aromatic rings. The SMILES string of the molecule is CC(C)[C@H](CC(=O)Cc1ccc(C2(C)N=N2)cc1)C(=O)N[C@@H](Cc1ccccc1)C(=O)C[C@@H](C)C(=O)NC(CCC(N)=O)C(O)C(F)(F)F. The molecule has 2 unspecified atom stereocenters. The van der Waals surface area contributed by atoms with E-state index in [1.54, 1.807) is 44.2 Å². The van der Waals surface area contributed by atoms with E-state index in [4.69, 9.17) is 5.73 Å². The molecule has 0 aromatic heterocycles. The van der Waals surface area contributed by atoms with Gasteiger partial charge in [-0.3, -0.25) is 24.0 Å². The highest BCUT2D eigenvalue weighted by atomic mass is 19.4. The molecule has 2 aromatic carbocycles. The van der Waals surface area contributed by atoms with E-state index < -0.39 is 84.6 Å². The van der Waals surface area contributed by atoms with Crippen molar-refractivity contribution in [3.05, 3.63) is 71.3 Å². The van der Waals surface area contributed by atoms with Crippen LogP contribution < -0.4 is 16.4 Å². The first-order chi connectivity index (χ1) is 22.9. The number of aliphatic hydroxyl groups excluding tert-OH is 1. The molecular weight excluding hydrogens is 643 g/mol. The number of rotatable bonds is 19. The molecule has 0 radical (unpaired) electrons. The first kappa shape index (κ1) is 39.0. The summed E-state index contributed by atoms with van der Waals surface area (Å²) in [5.74, 6) is -5.30. The normalized spacial score (nSPS) is 16.6. The number of ketones is 2. The topological polar surface area (TPSA) is 180 Å². The molecule has 0 aliphatic carbocycles. The number of hydrogen-bond acceptors (Lipinski definition) is 8. The molecule has 0 saturated heterocycles. The van der Waals surface area contributed by atoms with E-state index >= 15 is 0 Å². The maximum Gasteiger partial charge on any atom is 0.416 e. The van der Waals surface area contributed by atoms with Gasteiger partial charge in [0.05, 0.1) is 12.1 Å². The van der Waals surface area contributed by atoms with E-state index in [1.807, 2.05) is 31.2 Å². The minimum atomic E-state index is -5.08. The van der Waals surface area contributed by atoms with Crippen molar-refractivity contribution in [3.8, 4) is 0 Å². The van der Waals surface area contributed by atoms with E-state index in [0.717, 1.165) is 11.1 Å². The van der Waals surface area contributed by atoms with Crippen molar-refractivity contribution in [1.29, 1.82) is 0 Å². The molecule has 3 rings (SSSR count). The summed E-state index contributed by atoms with van der Waals surface area (Å²) >= 11 is 0. The van der Waals surface area contributed by atoms with Gasteiger partial charge in [-0.15, -0.1) is 0 Å². The Morgan fingerprint density at radius 2 is 1.49 bits per heavy atom. The van der Waals surface area contributed by atoms with Crippen LogP contribution in [0.3, 0.4) is 0 Å². The summed E-state index contributed by atoms with van der Waals surface area (Å²) in [6, 6.07) is 13.2. The molecule has 0 fully saturated rings. The molecule has 0 spiro atoms. The molecule has 11 nitrogen and oxygen atoms in total. The summed E-state index contributed by atoms with van der Waals surface area (Å²) in [5.41, 5.74) is 6.89. The van der Waals surface area contributed by atoms with E-state index in [2.05, 4.69) is 20.9 Å². The van der Waals surface area contributed by atoms with Crippen LogP contribution in [0.1, 0.15) is 70.1 Å². The third kappa shape index (κ3) is 11.9. The fourth-order valence-corrected chi connectivity index (χ4v) is 5.38. The number of alkyl halides is 3. The number of aliphatic hydroxyl groups is 1. The maximum absolute atomic E-state index is 13.6.